The maximum absolute atomic E-state index is 14.1. The highest BCUT2D eigenvalue weighted by Crippen LogP contribution is 2.24. The standard InChI is InChI=1S/C13H16FN3S/c1-9(12-15-6-7-17(12)2)8-10-4-5-16-13(18-3)11(10)14/h4-7,9H,8H2,1-3H3. The fourth-order valence-corrected chi connectivity index (χ4v) is 2.51. The molecule has 0 amide bonds. The Morgan fingerprint density at radius 2 is 2.17 bits per heavy atom. The second kappa shape index (κ2) is 5.52. The van der Waals surface area contributed by atoms with Gasteiger partial charge in [-0.2, -0.15) is 0 Å². The Hall–Kier alpha value is -1.36. The van der Waals surface area contributed by atoms with Crippen LogP contribution in [0.5, 0.6) is 0 Å². The van der Waals surface area contributed by atoms with Crippen LogP contribution in [-0.4, -0.2) is 20.8 Å². The maximum atomic E-state index is 14.1. The molecular weight excluding hydrogens is 249 g/mol. The van der Waals surface area contributed by atoms with Gasteiger partial charge in [-0.05, 0) is 24.3 Å². The number of imidazole rings is 1. The van der Waals surface area contributed by atoms with Crippen LogP contribution in [0.15, 0.2) is 29.7 Å². The van der Waals surface area contributed by atoms with Crippen LogP contribution in [-0.2, 0) is 13.5 Å². The van der Waals surface area contributed by atoms with E-state index in [1.807, 2.05) is 24.1 Å². The summed E-state index contributed by atoms with van der Waals surface area (Å²) in [6.45, 7) is 2.06. The van der Waals surface area contributed by atoms with Gasteiger partial charge < -0.3 is 4.57 Å². The zero-order chi connectivity index (χ0) is 13.1. The molecule has 0 aliphatic rings. The van der Waals surface area contributed by atoms with Crippen molar-refractivity contribution in [2.45, 2.75) is 24.3 Å². The molecule has 0 aliphatic heterocycles. The number of halogens is 1. The van der Waals surface area contributed by atoms with E-state index in [2.05, 4.69) is 16.9 Å². The summed E-state index contributed by atoms with van der Waals surface area (Å²) in [7, 11) is 1.95. The lowest BCUT2D eigenvalue weighted by molar-refractivity contribution is 0.554. The molecule has 0 aliphatic carbocycles. The SMILES string of the molecule is CSc1nccc(CC(C)c2nccn2C)c1F. The average molecular weight is 265 g/mol. The summed E-state index contributed by atoms with van der Waals surface area (Å²) < 4.78 is 16.0. The molecule has 0 radical (unpaired) electrons. The first kappa shape index (κ1) is 13.1. The van der Waals surface area contributed by atoms with E-state index >= 15 is 0 Å². The number of aryl methyl sites for hydroxylation is 1. The third kappa shape index (κ3) is 2.56. The summed E-state index contributed by atoms with van der Waals surface area (Å²) in [5, 5.41) is 0.458. The van der Waals surface area contributed by atoms with Crippen LogP contribution in [0.25, 0.3) is 0 Å². The molecule has 5 heteroatoms. The van der Waals surface area contributed by atoms with Gasteiger partial charge in [-0.3, -0.25) is 0 Å². The van der Waals surface area contributed by atoms with Crippen molar-refractivity contribution in [3.8, 4) is 0 Å². The first-order valence-electron chi connectivity index (χ1n) is 5.78. The molecule has 0 saturated carbocycles. The lowest BCUT2D eigenvalue weighted by Gasteiger charge is -2.12. The molecule has 2 rings (SSSR count). The van der Waals surface area contributed by atoms with Crippen molar-refractivity contribution in [1.29, 1.82) is 0 Å². The highest BCUT2D eigenvalue weighted by atomic mass is 32.2. The predicted molar refractivity (Wildman–Crippen MR) is 71.3 cm³/mol. The second-order valence-corrected chi connectivity index (χ2v) is 5.09. The number of nitrogens with zero attached hydrogens (tertiary/aromatic N) is 3. The molecule has 0 spiro atoms. The van der Waals surface area contributed by atoms with Gasteiger partial charge >= 0.3 is 0 Å². The van der Waals surface area contributed by atoms with Crippen LogP contribution in [0.3, 0.4) is 0 Å². The van der Waals surface area contributed by atoms with Crippen LogP contribution < -0.4 is 0 Å². The molecule has 96 valence electrons. The van der Waals surface area contributed by atoms with E-state index in [1.165, 1.54) is 11.8 Å². The van der Waals surface area contributed by atoms with Crippen molar-refractivity contribution in [2.75, 3.05) is 6.26 Å². The Morgan fingerprint density at radius 1 is 1.39 bits per heavy atom. The Kier molecular flexibility index (Phi) is 4.01. The van der Waals surface area contributed by atoms with Gasteiger partial charge in [-0.15, -0.1) is 11.8 Å². The van der Waals surface area contributed by atoms with E-state index in [-0.39, 0.29) is 11.7 Å². The second-order valence-electron chi connectivity index (χ2n) is 4.29. The van der Waals surface area contributed by atoms with E-state index in [1.54, 1.807) is 18.5 Å². The molecule has 0 fully saturated rings. The summed E-state index contributed by atoms with van der Waals surface area (Å²) in [6, 6.07) is 1.74. The molecule has 1 atom stereocenters. The Labute approximate surface area is 110 Å². The van der Waals surface area contributed by atoms with Crippen molar-refractivity contribution in [3.05, 3.63) is 41.9 Å². The molecular formula is C13H16FN3S. The molecule has 0 bridgehead atoms. The molecule has 0 N–H and O–H groups in total. The number of thioether (sulfide) groups is 1. The normalized spacial score (nSPS) is 12.7. The van der Waals surface area contributed by atoms with Gasteiger partial charge in [0.2, 0.25) is 0 Å². The van der Waals surface area contributed by atoms with Crippen LogP contribution in [0.1, 0.15) is 24.2 Å². The maximum Gasteiger partial charge on any atom is 0.158 e. The van der Waals surface area contributed by atoms with Crippen LogP contribution in [0, 0.1) is 5.82 Å². The third-order valence-electron chi connectivity index (χ3n) is 2.96. The zero-order valence-electron chi connectivity index (χ0n) is 10.7. The fourth-order valence-electron chi connectivity index (χ4n) is 2.04. The molecule has 0 saturated heterocycles. The van der Waals surface area contributed by atoms with Crippen LogP contribution in [0.4, 0.5) is 4.39 Å². The van der Waals surface area contributed by atoms with Crippen molar-refractivity contribution < 1.29 is 4.39 Å². The fraction of sp³-hybridized carbons (Fsp3) is 0.385. The number of hydrogen-bond donors (Lipinski definition) is 0. The van der Waals surface area contributed by atoms with Crippen molar-refractivity contribution in [2.24, 2.45) is 7.05 Å². The molecule has 1 unspecified atom stereocenters. The van der Waals surface area contributed by atoms with Crippen LogP contribution in [0.2, 0.25) is 0 Å². The Morgan fingerprint density at radius 3 is 2.78 bits per heavy atom. The van der Waals surface area contributed by atoms with Crippen molar-refractivity contribution in [1.82, 2.24) is 14.5 Å². The molecule has 18 heavy (non-hydrogen) atoms. The zero-order valence-corrected chi connectivity index (χ0v) is 11.5. The summed E-state index contributed by atoms with van der Waals surface area (Å²) >= 11 is 1.33. The van der Waals surface area contributed by atoms with Gasteiger partial charge in [0, 0.05) is 31.6 Å². The van der Waals surface area contributed by atoms with E-state index in [9.17, 15) is 4.39 Å². The van der Waals surface area contributed by atoms with E-state index in [0.717, 1.165) is 5.82 Å². The summed E-state index contributed by atoms with van der Waals surface area (Å²) in [4.78, 5) is 8.32. The summed E-state index contributed by atoms with van der Waals surface area (Å²) in [5.41, 5.74) is 0.699. The van der Waals surface area contributed by atoms with Gasteiger partial charge in [0.15, 0.2) is 5.82 Å². The lowest BCUT2D eigenvalue weighted by Crippen LogP contribution is -2.07. The molecule has 0 aromatic carbocycles. The number of hydrogen-bond acceptors (Lipinski definition) is 3. The van der Waals surface area contributed by atoms with Crippen molar-refractivity contribution in [3.63, 3.8) is 0 Å². The first-order chi connectivity index (χ1) is 8.63. The summed E-state index contributed by atoms with van der Waals surface area (Å²) in [6.07, 6.45) is 7.80. The minimum absolute atomic E-state index is 0.177. The first-order valence-corrected chi connectivity index (χ1v) is 7.00. The van der Waals surface area contributed by atoms with Crippen molar-refractivity contribution >= 4 is 11.8 Å². The third-order valence-corrected chi connectivity index (χ3v) is 3.63. The van der Waals surface area contributed by atoms with Gasteiger partial charge in [0.25, 0.3) is 0 Å². The smallest absolute Gasteiger partial charge is 0.158 e. The molecule has 2 aromatic heterocycles. The predicted octanol–water partition coefficient (Wildman–Crippen LogP) is 3.02. The molecule has 2 heterocycles. The number of rotatable bonds is 4. The largest absolute Gasteiger partial charge is 0.338 e. The van der Waals surface area contributed by atoms with Gasteiger partial charge in [0.05, 0.1) is 0 Å². The van der Waals surface area contributed by atoms with Gasteiger partial charge in [0.1, 0.15) is 10.9 Å². The van der Waals surface area contributed by atoms with E-state index in [4.69, 9.17) is 0 Å². The van der Waals surface area contributed by atoms with Gasteiger partial charge in [-0.1, -0.05) is 6.92 Å². The lowest BCUT2D eigenvalue weighted by atomic mass is 10.0. The Bertz CT molecular complexity index is 539. The topological polar surface area (TPSA) is 30.7 Å². The summed E-state index contributed by atoms with van der Waals surface area (Å²) in [5.74, 6) is 0.944. The number of aromatic nitrogens is 3. The Balaban J connectivity index is 2.22. The van der Waals surface area contributed by atoms with E-state index < -0.39 is 0 Å². The minimum Gasteiger partial charge on any atom is -0.338 e. The molecule has 3 nitrogen and oxygen atoms in total. The highest BCUT2D eigenvalue weighted by Gasteiger charge is 2.15. The highest BCUT2D eigenvalue weighted by molar-refractivity contribution is 7.98. The number of pyridine rings is 1. The monoisotopic (exact) mass is 265 g/mol. The van der Waals surface area contributed by atoms with Gasteiger partial charge in [-0.25, -0.2) is 14.4 Å². The van der Waals surface area contributed by atoms with E-state index in [0.29, 0.717) is 17.0 Å². The minimum atomic E-state index is -0.203. The van der Waals surface area contributed by atoms with Crippen LogP contribution >= 0.6 is 11.8 Å². The average Bonchev–Trinajstić information content (AvgIpc) is 2.78. The quantitative estimate of drug-likeness (QED) is 0.796. The molecule has 2 aromatic rings.